The first-order valence-corrected chi connectivity index (χ1v) is 6.46. The Kier molecular flexibility index (Phi) is 4.93. The Morgan fingerprint density at radius 1 is 1.00 bits per heavy atom. The second-order valence-electron chi connectivity index (χ2n) is 4.27. The van der Waals surface area contributed by atoms with E-state index in [1.807, 2.05) is 30.3 Å². The largest absolute Gasteiger partial charge is 0.488 e. The summed E-state index contributed by atoms with van der Waals surface area (Å²) >= 11 is 0. The minimum Gasteiger partial charge on any atom is -0.488 e. The van der Waals surface area contributed by atoms with Crippen molar-refractivity contribution in [3.05, 3.63) is 65.5 Å². The molecule has 0 aliphatic carbocycles. The first kappa shape index (κ1) is 13.6. The van der Waals surface area contributed by atoms with Gasteiger partial charge in [-0.05, 0) is 18.7 Å². The van der Waals surface area contributed by atoms with E-state index in [1.165, 1.54) is 6.07 Å². The fourth-order valence-corrected chi connectivity index (χ4v) is 1.82. The van der Waals surface area contributed by atoms with E-state index in [4.69, 9.17) is 4.74 Å². The molecule has 0 radical (unpaired) electrons. The maximum Gasteiger partial charge on any atom is 0.129 e. The molecule has 19 heavy (non-hydrogen) atoms. The summed E-state index contributed by atoms with van der Waals surface area (Å²) < 4.78 is 19.2. The van der Waals surface area contributed by atoms with Gasteiger partial charge in [0.05, 0.1) is 0 Å². The molecule has 2 rings (SSSR count). The number of halogens is 1. The van der Waals surface area contributed by atoms with Crippen molar-refractivity contribution >= 4 is 0 Å². The molecule has 0 fully saturated rings. The van der Waals surface area contributed by atoms with Gasteiger partial charge in [-0.3, -0.25) is 0 Å². The van der Waals surface area contributed by atoms with Crippen LogP contribution in [0.25, 0.3) is 0 Å². The van der Waals surface area contributed by atoms with Crippen LogP contribution < -0.4 is 10.1 Å². The number of nitrogens with one attached hydrogen (secondary N) is 1. The van der Waals surface area contributed by atoms with Crippen LogP contribution in [0.2, 0.25) is 0 Å². The molecule has 1 N–H and O–H groups in total. The number of benzene rings is 2. The number of para-hydroxylation sites is 1. The third kappa shape index (κ3) is 3.80. The van der Waals surface area contributed by atoms with Crippen LogP contribution in [0.4, 0.5) is 4.39 Å². The zero-order chi connectivity index (χ0) is 13.5. The van der Waals surface area contributed by atoms with Crippen molar-refractivity contribution in [1.29, 1.82) is 0 Å². The van der Waals surface area contributed by atoms with Gasteiger partial charge in [0.15, 0.2) is 0 Å². The molecule has 0 aromatic heterocycles. The highest BCUT2D eigenvalue weighted by Crippen LogP contribution is 2.19. The van der Waals surface area contributed by atoms with Crippen LogP contribution in [0.3, 0.4) is 0 Å². The lowest BCUT2D eigenvalue weighted by molar-refractivity contribution is 0.296. The summed E-state index contributed by atoms with van der Waals surface area (Å²) in [4.78, 5) is 0. The maximum atomic E-state index is 13.5. The fourth-order valence-electron chi connectivity index (χ4n) is 1.82. The van der Waals surface area contributed by atoms with E-state index in [0.717, 1.165) is 24.4 Å². The van der Waals surface area contributed by atoms with Gasteiger partial charge in [-0.2, -0.15) is 0 Å². The summed E-state index contributed by atoms with van der Waals surface area (Å²) in [6.45, 7) is 3.96. The number of hydrogen-bond donors (Lipinski definition) is 1. The molecule has 0 saturated heterocycles. The molecule has 0 aliphatic rings. The molecule has 2 aromatic rings. The van der Waals surface area contributed by atoms with Gasteiger partial charge >= 0.3 is 0 Å². The van der Waals surface area contributed by atoms with E-state index in [2.05, 4.69) is 12.2 Å². The summed E-state index contributed by atoms with van der Waals surface area (Å²) in [7, 11) is 0. The summed E-state index contributed by atoms with van der Waals surface area (Å²) in [5.74, 6) is 0.568. The van der Waals surface area contributed by atoms with Crippen molar-refractivity contribution in [2.24, 2.45) is 0 Å². The Bertz CT molecular complexity index is 528. The van der Waals surface area contributed by atoms with Gasteiger partial charge in [-0.25, -0.2) is 4.39 Å². The molecule has 2 nitrogen and oxygen atoms in total. The number of hydrogen-bond acceptors (Lipinski definition) is 2. The molecule has 100 valence electrons. The van der Waals surface area contributed by atoms with Crippen LogP contribution >= 0.6 is 0 Å². The average Bonchev–Trinajstić information content (AvgIpc) is 2.45. The Morgan fingerprint density at radius 3 is 2.42 bits per heavy atom. The maximum absolute atomic E-state index is 13.5. The molecular formula is C16H18FNO. The SMILES string of the molecule is CCNCc1ccccc1OCc1ccccc1F. The number of rotatable bonds is 6. The highest BCUT2D eigenvalue weighted by atomic mass is 19.1. The third-order valence-electron chi connectivity index (χ3n) is 2.88. The van der Waals surface area contributed by atoms with Crippen molar-refractivity contribution in [2.45, 2.75) is 20.1 Å². The van der Waals surface area contributed by atoms with E-state index in [-0.39, 0.29) is 12.4 Å². The van der Waals surface area contributed by atoms with Gasteiger partial charge in [0.2, 0.25) is 0 Å². The summed E-state index contributed by atoms with van der Waals surface area (Å²) in [6, 6.07) is 14.5. The lowest BCUT2D eigenvalue weighted by Gasteiger charge is -2.12. The molecule has 0 saturated carbocycles. The summed E-state index contributed by atoms with van der Waals surface area (Å²) in [6.07, 6.45) is 0. The first-order valence-electron chi connectivity index (χ1n) is 6.46. The predicted molar refractivity (Wildman–Crippen MR) is 74.6 cm³/mol. The van der Waals surface area contributed by atoms with Crippen LogP contribution in [-0.4, -0.2) is 6.54 Å². The normalized spacial score (nSPS) is 10.4. The first-order chi connectivity index (χ1) is 9.31. The lowest BCUT2D eigenvalue weighted by Crippen LogP contribution is -2.12. The Hall–Kier alpha value is -1.87. The van der Waals surface area contributed by atoms with Gasteiger partial charge in [-0.1, -0.05) is 43.3 Å². The predicted octanol–water partition coefficient (Wildman–Crippen LogP) is 3.51. The monoisotopic (exact) mass is 259 g/mol. The van der Waals surface area contributed by atoms with E-state index < -0.39 is 0 Å². The molecule has 0 atom stereocenters. The minimum absolute atomic E-state index is 0.230. The minimum atomic E-state index is -0.230. The van der Waals surface area contributed by atoms with E-state index in [1.54, 1.807) is 12.1 Å². The molecular weight excluding hydrogens is 241 g/mol. The topological polar surface area (TPSA) is 21.3 Å². The molecule has 0 amide bonds. The summed E-state index contributed by atoms with van der Waals surface area (Å²) in [5.41, 5.74) is 1.65. The van der Waals surface area contributed by atoms with Crippen molar-refractivity contribution < 1.29 is 9.13 Å². The molecule has 0 heterocycles. The standard InChI is InChI=1S/C16H18FNO/c1-2-18-11-13-7-4-6-10-16(13)19-12-14-8-3-5-9-15(14)17/h3-10,18H,2,11-12H2,1H3. The van der Waals surface area contributed by atoms with Crippen molar-refractivity contribution in [2.75, 3.05) is 6.54 Å². The Labute approximate surface area is 113 Å². The highest BCUT2D eigenvalue weighted by molar-refractivity contribution is 5.33. The molecule has 0 aliphatic heterocycles. The van der Waals surface area contributed by atoms with Gasteiger partial charge in [-0.15, -0.1) is 0 Å². The highest BCUT2D eigenvalue weighted by Gasteiger charge is 2.05. The van der Waals surface area contributed by atoms with E-state index in [0.29, 0.717) is 5.56 Å². The van der Waals surface area contributed by atoms with Crippen LogP contribution in [-0.2, 0) is 13.2 Å². The van der Waals surface area contributed by atoms with Crippen LogP contribution in [0, 0.1) is 5.82 Å². The van der Waals surface area contributed by atoms with E-state index in [9.17, 15) is 4.39 Å². The Balaban J connectivity index is 2.05. The van der Waals surface area contributed by atoms with Gasteiger partial charge in [0, 0.05) is 17.7 Å². The van der Waals surface area contributed by atoms with Gasteiger partial charge in [0.1, 0.15) is 18.2 Å². The second kappa shape index (κ2) is 6.90. The quantitative estimate of drug-likeness (QED) is 0.857. The third-order valence-corrected chi connectivity index (χ3v) is 2.88. The van der Waals surface area contributed by atoms with E-state index >= 15 is 0 Å². The average molecular weight is 259 g/mol. The van der Waals surface area contributed by atoms with Crippen LogP contribution in [0.5, 0.6) is 5.75 Å². The fraction of sp³-hybridized carbons (Fsp3) is 0.250. The second-order valence-corrected chi connectivity index (χ2v) is 4.27. The molecule has 0 spiro atoms. The van der Waals surface area contributed by atoms with Crippen molar-refractivity contribution in [1.82, 2.24) is 5.32 Å². The lowest BCUT2D eigenvalue weighted by atomic mass is 10.2. The number of ether oxygens (including phenoxy) is 1. The molecule has 3 heteroatoms. The van der Waals surface area contributed by atoms with Crippen molar-refractivity contribution in [3.8, 4) is 5.75 Å². The van der Waals surface area contributed by atoms with Crippen molar-refractivity contribution in [3.63, 3.8) is 0 Å². The zero-order valence-corrected chi connectivity index (χ0v) is 11.0. The summed E-state index contributed by atoms with van der Waals surface area (Å²) in [5, 5.41) is 3.26. The smallest absolute Gasteiger partial charge is 0.129 e. The van der Waals surface area contributed by atoms with Gasteiger partial charge < -0.3 is 10.1 Å². The molecule has 2 aromatic carbocycles. The van der Waals surface area contributed by atoms with Gasteiger partial charge in [0.25, 0.3) is 0 Å². The Morgan fingerprint density at radius 2 is 1.68 bits per heavy atom. The van der Waals surface area contributed by atoms with Crippen LogP contribution in [0.15, 0.2) is 48.5 Å². The molecule has 0 bridgehead atoms. The zero-order valence-electron chi connectivity index (χ0n) is 11.0. The van der Waals surface area contributed by atoms with Crippen LogP contribution in [0.1, 0.15) is 18.1 Å². The molecule has 0 unspecified atom stereocenters.